The van der Waals surface area contributed by atoms with Crippen molar-refractivity contribution < 1.29 is 19.1 Å². The molecule has 0 N–H and O–H groups in total. The number of hydrogen-bond donors (Lipinski definition) is 0. The van der Waals surface area contributed by atoms with Crippen LogP contribution in [0.2, 0.25) is 0 Å². The van der Waals surface area contributed by atoms with Gasteiger partial charge < -0.3 is 9.47 Å². The van der Waals surface area contributed by atoms with Crippen LogP contribution in [0.4, 0.5) is 0 Å². The van der Waals surface area contributed by atoms with E-state index in [2.05, 4.69) is 5.10 Å². The Labute approximate surface area is 202 Å². The van der Waals surface area contributed by atoms with Gasteiger partial charge in [0.15, 0.2) is 5.78 Å². The Bertz CT molecular complexity index is 1400. The first-order valence-corrected chi connectivity index (χ1v) is 11.1. The average Bonchev–Trinajstić information content (AvgIpc) is 2.90. The zero-order valence-electron chi connectivity index (χ0n) is 19.4. The second kappa shape index (κ2) is 10.6. The van der Waals surface area contributed by atoms with Crippen molar-refractivity contribution in [2.45, 2.75) is 13.5 Å². The predicted molar refractivity (Wildman–Crippen MR) is 133 cm³/mol. The van der Waals surface area contributed by atoms with Gasteiger partial charge in [-0.15, -0.1) is 0 Å². The molecule has 0 aliphatic heterocycles. The summed E-state index contributed by atoms with van der Waals surface area (Å²) in [5.74, 6) is -0.481. The van der Waals surface area contributed by atoms with Crippen molar-refractivity contribution >= 4 is 11.8 Å². The Kier molecular flexibility index (Phi) is 7.16. The van der Waals surface area contributed by atoms with Gasteiger partial charge in [0.1, 0.15) is 17.9 Å². The maximum atomic E-state index is 13.6. The summed E-state index contributed by atoms with van der Waals surface area (Å²) in [5.41, 5.74) is 1.66. The van der Waals surface area contributed by atoms with Crippen molar-refractivity contribution in [3.63, 3.8) is 0 Å². The lowest BCUT2D eigenvalue weighted by Crippen LogP contribution is -2.33. The quantitative estimate of drug-likeness (QED) is 0.276. The van der Waals surface area contributed by atoms with Gasteiger partial charge in [-0.05, 0) is 36.8 Å². The van der Waals surface area contributed by atoms with Crippen LogP contribution in [0.25, 0.3) is 22.4 Å². The summed E-state index contributed by atoms with van der Waals surface area (Å²) in [6, 6.07) is 24.9. The molecule has 176 valence electrons. The van der Waals surface area contributed by atoms with E-state index in [-0.39, 0.29) is 24.5 Å². The monoisotopic (exact) mass is 468 g/mol. The molecule has 0 saturated heterocycles. The standard InChI is InChI=1S/C28H24N2O5/c1-3-35-28(33)25-24(20-10-6-4-7-11-20)26(21-12-8-5-9-13-21)29-30(27(25)32)18-23(31)19-14-16-22(34-2)17-15-19/h4-17H,3,18H2,1-2H3. The largest absolute Gasteiger partial charge is 0.497 e. The fourth-order valence-corrected chi connectivity index (χ4v) is 3.76. The second-order valence-electron chi connectivity index (χ2n) is 7.67. The van der Waals surface area contributed by atoms with E-state index in [9.17, 15) is 14.4 Å². The number of esters is 1. The van der Waals surface area contributed by atoms with Crippen molar-refractivity contribution in [2.24, 2.45) is 0 Å². The molecule has 0 aliphatic carbocycles. The van der Waals surface area contributed by atoms with E-state index in [1.807, 2.05) is 48.5 Å². The highest BCUT2D eigenvalue weighted by Gasteiger charge is 2.26. The van der Waals surface area contributed by atoms with Crippen LogP contribution < -0.4 is 10.3 Å². The number of hydrogen-bond acceptors (Lipinski definition) is 6. The van der Waals surface area contributed by atoms with Crippen LogP contribution in [-0.4, -0.2) is 35.2 Å². The Balaban J connectivity index is 1.92. The Morgan fingerprint density at radius 2 is 1.46 bits per heavy atom. The van der Waals surface area contributed by atoms with Gasteiger partial charge in [-0.3, -0.25) is 9.59 Å². The summed E-state index contributed by atoms with van der Waals surface area (Å²) >= 11 is 0. The number of aromatic nitrogens is 2. The van der Waals surface area contributed by atoms with Crippen LogP contribution >= 0.6 is 0 Å². The Morgan fingerprint density at radius 1 is 0.857 bits per heavy atom. The lowest BCUT2D eigenvalue weighted by atomic mass is 9.95. The molecule has 7 heteroatoms. The Hall–Kier alpha value is -4.52. The van der Waals surface area contributed by atoms with Crippen LogP contribution in [0.15, 0.2) is 89.7 Å². The first-order valence-electron chi connectivity index (χ1n) is 11.1. The molecule has 0 amide bonds. The molecule has 3 aromatic carbocycles. The van der Waals surface area contributed by atoms with Crippen molar-refractivity contribution in [3.05, 3.63) is 106 Å². The summed E-state index contributed by atoms with van der Waals surface area (Å²) in [4.78, 5) is 39.6. The van der Waals surface area contributed by atoms with Crippen molar-refractivity contribution in [1.29, 1.82) is 0 Å². The summed E-state index contributed by atoms with van der Waals surface area (Å²) in [6.45, 7) is 1.43. The molecule has 4 rings (SSSR count). The fourth-order valence-electron chi connectivity index (χ4n) is 3.76. The van der Waals surface area contributed by atoms with Gasteiger partial charge in [-0.2, -0.15) is 5.10 Å². The minimum atomic E-state index is -0.762. The number of rotatable bonds is 8. The molecule has 0 atom stereocenters. The molecular formula is C28H24N2O5. The summed E-state index contributed by atoms with van der Waals surface area (Å²) in [7, 11) is 1.54. The van der Waals surface area contributed by atoms with Gasteiger partial charge in [0.2, 0.25) is 0 Å². The highest BCUT2D eigenvalue weighted by atomic mass is 16.5. The smallest absolute Gasteiger partial charge is 0.344 e. The van der Waals surface area contributed by atoms with Gasteiger partial charge in [0, 0.05) is 16.7 Å². The Morgan fingerprint density at radius 3 is 2.03 bits per heavy atom. The first kappa shape index (κ1) is 23.6. The van der Waals surface area contributed by atoms with E-state index in [1.165, 1.54) is 7.11 Å². The predicted octanol–water partition coefficient (Wildman–Crippen LogP) is 4.65. The van der Waals surface area contributed by atoms with Crippen LogP contribution in [0.1, 0.15) is 27.6 Å². The fraction of sp³-hybridized carbons (Fsp3) is 0.143. The molecule has 1 heterocycles. The number of benzene rings is 3. The number of methoxy groups -OCH3 is 1. The number of ketones is 1. The molecule has 35 heavy (non-hydrogen) atoms. The average molecular weight is 469 g/mol. The lowest BCUT2D eigenvalue weighted by molar-refractivity contribution is 0.0523. The molecule has 0 spiro atoms. The molecule has 0 saturated carbocycles. The van der Waals surface area contributed by atoms with Crippen LogP contribution in [-0.2, 0) is 11.3 Å². The first-order chi connectivity index (χ1) is 17.0. The molecule has 0 fully saturated rings. The zero-order valence-corrected chi connectivity index (χ0v) is 19.4. The third-order valence-corrected chi connectivity index (χ3v) is 5.45. The minimum absolute atomic E-state index is 0.0975. The summed E-state index contributed by atoms with van der Waals surface area (Å²) in [6.07, 6.45) is 0. The normalized spacial score (nSPS) is 10.6. The van der Waals surface area contributed by atoms with E-state index in [4.69, 9.17) is 9.47 Å². The van der Waals surface area contributed by atoms with E-state index < -0.39 is 11.5 Å². The van der Waals surface area contributed by atoms with Crippen LogP contribution in [0, 0.1) is 0 Å². The number of carbonyl (C=O) groups is 2. The number of Topliss-reactive ketones (excluding diaryl/α,β-unsaturated/α-hetero) is 1. The molecule has 1 aromatic heterocycles. The molecule has 4 aromatic rings. The number of ether oxygens (including phenoxy) is 2. The van der Waals surface area contributed by atoms with Crippen molar-refractivity contribution in [3.8, 4) is 28.1 Å². The number of carbonyl (C=O) groups excluding carboxylic acids is 2. The maximum absolute atomic E-state index is 13.6. The van der Waals surface area contributed by atoms with Gasteiger partial charge in [-0.1, -0.05) is 60.7 Å². The molecule has 7 nitrogen and oxygen atoms in total. The van der Waals surface area contributed by atoms with E-state index in [0.29, 0.717) is 33.7 Å². The SMILES string of the molecule is CCOC(=O)c1c(-c2ccccc2)c(-c2ccccc2)nn(CC(=O)c2ccc(OC)cc2)c1=O. The molecule has 0 aliphatic rings. The lowest BCUT2D eigenvalue weighted by Gasteiger charge is -2.16. The summed E-state index contributed by atoms with van der Waals surface area (Å²) in [5, 5.41) is 4.57. The van der Waals surface area contributed by atoms with Gasteiger partial charge in [-0.25, -0.2) is 9.48 Å². The highest BCUT2D eigenvalue weighted by molar-refractivity contribution is 6.01. The topological polar surface area (TPSA) is 87.5 Å². The number of nitrogens with zero attached hydrogens (tertiary/aromatic N) is 2. The minimum Gasteiger partial charge on any atom is -0.497 e. The van der Waals surface area contributed by atoms with Crippen molar-refractivity contribution in [2.75, 3.05) is 13.7 Å². The van der Waals surface area contributed by atoms with Gasteiger partial charge >= 0.3 is 5.97 Å². The summed E-state index contributed by atoms with van der Waals surface area (Å²) < 4.78 is 11.4. The highest BCUT2D eigenvalue weighted by Crippen LogP contribution is 2.32. The van der Waals surface area contributed by atoms with Gasteiger partial charge in [0.25, 0.3) is 5.56 Å². The molecule has 0 radical (unpaired) electrons. The van der Waals surface area contributed by atoms with Crippen molar-refractivity contribution in [1.82, 2.24) is 9.78 Å². The van der Waals surface area contributed by atoms with Crippen LogP contribution in [0.3, 0.4) is 0 Å². The zero-order chi connectivity index (χ0) is 24.8. The second-order valence-corrected chi connectivity index (χ2v) is 7.67. The molecule has 0 bridgehead atoms. The van der Waals surface area contributed by atoms with E-state index in [0.717, 1.165) is 4.68 Å². The van der Waals surface area contributed by atoms with Crippen LogP contribution in [0.5, 0.6) is 5.75 Å². The van der Waals surface area contributed by atoms with E-state index in [1.54, 1.807) is 43.3 Å². The van der Waals surface area contributed by atoms with Gasteiger partial charge in [0.05, 0.1) is 19.4 Å². The van der Waals surface area contributed by atoms with E-state index >= 15 is 0 Å². The third-order valence-electron chi connectivity index (χ3n) is 5.45. The molecular weight excluding hydrogens is 444 g/mol. The maximum Gasteiger partial charge on any atom is 0.344 e. The molecule has 0 unspecified atom stereocenters. The third kappa shape index (κ3) is 5.04.